The van der Waals surface area contributed by atoms with Gasteiger partial charge < -0.3 is 4.74 Å². The zero-order valence-corrected chi connectivity index (χ0v) is 9.69. The molecule has 0 fully saturated rings. The van der Waals surface area contributed by atoms with E-state index in [1.54, 1.807) is 0 Å². The van der Waals surface area contributed by atoms with Gasteiger partial charge in [0.1, 0.15) is 0 Å². The van der Waals surface area contributed by atoms with E-state index in [0.29, 0.717) is 13.0 Å². The van der Waals surface area contributed by atoms with Crippen molar-refractivity contribution in [1.29, 1.82) is 0 Å². The Morgan fingerprint density at radius 1 is 1.44 bits per heavy atom. The van der Waals surface area contributed by atoms with E-state index in [1.807, 2.05) is 31.2 Å². The van der Waals surface area contributed by atoms with Crippen molar-refractivity contribution in [2.45, 2.75) is 19.8 Å². The first kappa shape index (κ1) is 12.5. The lowest BCUT2D eigenvalue weighted by Gasteiger charge is -2.11. The van der Waals surface area contributed by atoms with Crippen molar-refractivity contribution in [2.75, 3.05) is 6.61 Å². The summed E-state index contributed by atoms with van der Waals surface area (Å²) in [5.41, 5.74) is 1.22. The Balaban J connectivity index is 2.49. The molecule has 0 aliphatic rings. The van der Waals surface area contributed by atoms with Gasteiger partial charge in [0.05, 0.1) is 13.0 Å². The molecule has 1 aromatic rings. The molecular formula is C14H18O2. The first-order chi connectivity index (χ1) is 7.76. The summed E-state index contributed by atoms with van der Waals surface area (Å²) in [5.74, 6) is 0.00443. The molecule has 0 bridgehead atoms. The maximum Gasteiger partial charge on any atom is 0.306 e. The van der Waals surface area contributed by atoms with Crippen LogP contribution in [0.1, 0.15) is 18.9 Å². The van der Waals surface area contributed by atoms with Crippen LogP contribution in [0.15, 0.2) is 43.0 Å². The molecular weight excluding hydrogens is 200 g/mol. The van der Waals surface area contributed by atoms with Crippen LogP contribution in [0.5, 0.6) is 0 Å². The Morgan fingerprint density at radius 2 is 2.12 bits per heavy atom. The third kappa shape index (κ3) is 4.30. The highest BCUT2D eigenvalue weighted by Crippen LogP contribution is 2.13. The number of carbonyl (C=O) groups is 1. The monoisotopic (exact) mass is 218 g/mol. The zero-order valence-electron chi connectivity index (χ0n) is 9.69. The van der Waals surface area contributed by atoms with E-state index >= 15 is 0 Å². The molecule has 2 nitrogen and oxygen atoms in total. The normalized spacial score (nSPS) is 11.8. The van der Waals surface area contributed by atoms with Gasteiger partial charge in [0, 0.05) is 0 Å². The van der Waals surface area contributed by atoms with E-state index in [4.69, 9.17) is 4.74 Å². The predicted octanol–water partition coefficient (Wildman–Crippen LogP) is 2.98. The van der Waals surface area contributed by atoms with Gasteiger partial charge in [0.25, 0.3) is 0 Å². The average molecular weight is 218 g/mol. The second kappa shape index (κ2) is 6.83. The van der Waals surface area contributed by atoms with E-state index < -0.39 is 0 Å². The lowest BCUT2D eigenvalue weighted by molar-refractivity contribution is -0.143. The Morgan fingerprint density at radius 3 is 2.69 bits per heavy atom. The fourth-order valence-electron chi connectivity index (χ4n) is 1.59. The highest BCUT2D eigenvalue weighted by Gasteiger charge is 2.11. The second-order valence-electron chi connectivity index (χ2n) is 3.69. The molecule has 2 heteroatoms. The van der Waals surface area contributed by atoms with Gasteiger partial charge in [-0.2, -0.15) is 0 Å². The van der Waals surface area contributed by atoms with Crippen LogP contribution in [0.25, 0.3) is 0 Å². The molecule has 0 aliphatic carbocycles. The van der Waals surface area contributed by atoms with Crippen LogP contribution < -0.4 is 0 Å². The number of ether oxygens (including phenoxy) is 1. The summed E-state index contributed by atoms with van der Waals surface area (Å²) in [6.07, 6.45) is 3.07. The van der Waals surface area contributed by atoms with Crippen LogP contribution in [0.4, 0.5) is 0 Å². The van der Waals surface area contributed by atoms with Crippen LogP contribution in [0, 0.1) is 5.92 Å². The van der Waals surface area contributed by atoms with Crippen molar-refractivity contribution >= 4 is 5.97 Å². The highest BCUT2D eigenvalue weighted by molar-refractivity contribution is 5.69. The number of rotatable bonds is 6. The van der Waals surface area contributed by atoms with Gasteiger partial charge in [-0.05, 0) is 24.8 Å². The number of hydrogen-bond acceptors (Lipinski definition) is 2. The molecule has 1 rings (SSSR count). The predicted molar refractivity (Wildman–Crippen MR) is 65.1 cm³/mol. The topological polar surface area (TPSA) is 26.3 Å². The van der Waals surface area contributed by atoms with E-state index in [9.17, 15) is 4.79 Å². The van der Waals surface area contributed by atoms with Crippen molar-refractivity contribution < 1.29 is 9.53 Å². The molecule has 0 spiro atoms. The molecule has 0 saturated heterocycles. The molecule has 86 valence electrons. The van der Waals surface area contributed by atoms with Crippen LogP contribution in [0.2, 0.25) is 0 Å². The van der Waals surface area contributed by atoms with Gasteiger partial charge in [-0.1, -0.05) is 36.4 Å². The van der Waals surface area contributed by atoms with Crippen LogP contribution in [-0.4, -0.2) is 12.6 Å². The van der Waals surface area contributed by atoms with E-state index in [0.717, 1.165) is 6.42 Å². The molecule has 0 aliphatic heterocycles. The minimum atomic E-state index is -0.150. The van der Waals surface area contributed by atoms with Crippen LogP contribution in [0.3, 0.4) is 0 Å². The summed E-state index contributed by atoms with van der Waals surface area (Å²) in [7, 11) is 0. The molecule has 1 atom stereocenters. The number of esters is 1. The first-order valence-electron chi connectivity index (χ1n) is 5.58. The molecule has 16 heavy (non-hydrogen) atoms. The van der Waals surface area contributed by atoms with Crippen LogP contribution >= 0.6 is 0 Å². The number of allylic oxidation sites excluding steroid dienone is 1. The Bertz CT molecular complexity index is 330. The zero-order chi connectivity index (χ0) is 11.8. The Labute approximate surface area is 96.9 Å². The molecule has 1 aromatic carbocycles. The van der Waals surface area contributed by atoms with Crippen LogP contribution in [-0.2, 0) is 16.0 Å². The molecule has 0 radical (unpaired) electrons. The molecule has 0 aromatic heterocycles. The molecule has 1 unspecified atom stereocenters. The van der Waals surface area contributed by atoms with E-state index in [-0.39, 0.29) is 11.9 Å². The van der Waals surface area contributed by atoms with Gasteiger partial charge in [0.2, 0.25) is 0 Å². The average Bonchev–Trinajstić information content (AvgIpc) is 2.30. The van der Waals surface area contributed by atoms with Crippen molar-refractivity contribution in [1.82, 2.24) is 0 Å². The van der Waals surface area contributed by atoms with Gasteiger partial charge in [0.15, 0.2) is 0 Å². The van der Waals surface area contributed by atoms with Crippen molar-refractivity contribution in [3.05, 3.63) is 48.6 Å². The number of carbonyl (C=O) groups excluding carboxylic acids is 1. The van der Waals surface area contributed by atoms with E-state index in [1.165, 1.54) is 5.56 Å². The largest absolute Gasteiger partial charge is 0.466 e. The van der Waals surface area contributed by atoms with Gasteiger partial charge >= 0.3 is 5.97 Å². The summed E-state index contributed by atoms with van der Waals surface area (Å²) in [6, 6.07) is 10.1. The lowest BCUT2D eigenvalue weighted by atomic mass is 9.96. The third-order valence-corrected chi connectivity index (χ3v) is 2.41. The summed E-state index contributed by atoms with van der Waals surface area (Å²) in [5, 5.41) is 0. The minimum absolute atomic E-state index is 0.150. The van der Waals surface area contributed by atoms with Gasteiger partial charge in [-0.3, -0.25) is 4.79 Å². The molecule has 0 N–H and O–H groups in total. The van der Waals surface area contributed by atoms with E-state index in [2.05, 4.69) is 18.7 Å². The second-order valence-corrected chi connectivity index (χ2v) is 3.69. The van der Waals surface area contributed by atoms with Gasteiger partial charge in [-0.15, -0.1) is 6.58 Å². The maximum absolute atomic E-state index is 11.3. The standard InChI is InChI=1S/C14H18O2/c1-3-12(11-14(15)16-4-2)10-13-8-6-5-7-9-13/h3,5-9,12H,1,4,10-11H2,2H3. The minimum Gasteiger partial charge on any atom is -0.466 e. The number of benzene rings is 1. The van der Waals surface area contributed by atoms with Gasteiger partial charge in [-0.25, -0.2) is 0 Å². The summed E-state index contributed by atoms with van der Waals surface area (Å²) in [4.78, 5) is 11.3. The smallest absolute Gasteiger partial charge is 0.306 e. The number of hydrogen-bond donors (Lipinski definition) is 0. The fraction of sp³-hybridized carbons (Fsp3) is 0.357. The lowest BCUT2D eigenvalue weighted by Crippen LogP contribution is -2.11. The summed E-state index contributed by atoms with van der Waals surface area (Å²) < 4.78 is 4.93. The highest BCUT2D eigenvalue weighted by atomic mass is 16.5. The third-order valence-electron chi connectivity index (χ3n) is 2.41. The SMILES string of the molecule is C=CC(CC(=O)OCC)Cc1ccccc1. The Kier molecular flexibility index (Phi) is 5.34. The molecule has 0 saturated carbocycles. The first-order valence-corrected chi connectivity index (χ1v) is 5.58. The Hall–Kier alpha value is -1.57. The fourth-order valence-corrected chi connectivity index (χ4v) is 1.59. The van der Waals surface area contributed by atoms with Crippen molar-refractivity contribution in [3.8, 4) is 0 Å². The van der Waals surface area contributed by atoms with Crippen molar-refractivity contribution in [3.63, 3.8) is 0 Å². The quantitative estimate of drug-likeness (QED) is 0.542. The maximum atomic E-state index is 11.3. The van der Waals surface area contributed by atoms with Crippen molar-refractivity contribution in [2.24, 2.45) is 5.92 Å². The molecule has 0 amide bonds. The molecule has 0 heterocycles. The summed E-state index contributed by atoms with van der Waals surface area (Å²) in [6.45, 7) is 6.02. The summed E-state index contributed by atoms with van der Waals surface area (Å²) >= 11 is 0.